The molecule has 0 radical (unpaired) electrons. The summed E-state index contributed by atoms with van der Waals surface area (Å²) in [6.07, 6.45) is 0.870. The average molecular weight is 307 g/mol. The third-order valence-electron chi connectivity index (χ3n) is 3.88. The third-order valence-corrected chi connectivity index (χ3v) is 3.88. The number of carbonyl (C=O) groups excluding carboxylic acids is 1. The molecule has 22 heavy (non-hydrogen) atoms. The van der Waals surface area contributed by atoms with Crippen LogP contribution in [0.15, 0.2) is 18.2 Å². The summed E-state index contributed by atoms with van der Waals surface area (Å²) in [4.78, 5) is 14.6. The van der Waals surface area contributed by atoms with E-state index in [1.54, 1.807) is 6.07 Å². The molecule has 5 nitrogen and oxygen atoms in total. The highest BCUT2D eigenvalue weighted by Gasteiger charge is 2.27. The van der Waals surface area contributed by atoms with E-state index in [0.29, 0.717) is 24.5 Å². The van der Waals surface area contributed by atoms with E-state index in [2.05, 4.69) is 5.32 Å². The third kappa shape index (κ3) is 4.71. The number of nitrogens with one attached hydrogen (secondary N) is 1. The van der Waals surface area contributed by atoms with Gasteiger partial charge in [-0.05, 0) is 36.6 Å². The first-order chi connectivity index (χ1) is 10.4. The van der Waals surface area contributed by atoms with Crippen LogP contribution in [0.3, 0.4) is 0 Å². The van der Waals surface area contributed by atoms with E-state index < -0.39 is 0 Å². The van der Waals surface area contributed by atoms with Gasteiger partial charge in [0.05, 0.1) is 12.6 Å². The fourth-order valence-corrected chi connectivity index (χ4v) is 2.72. The fraction of sp³-hybridized carbons (Fsp3) is 0.588. The Morgan fingerprint density at radius 2 is 2.05 bits per heavy atom. The lowest BCUT2D eigenvalue weighted by atomic mass is 10.0. The summed E-state index contributed by atoms with van der Waals surface area (Å²) in [5, 5.41) is 12.1. The molecule has 0 spiro atoms. The molecule has 5 heteroatoms. The van der Waals surface area contributed by atoms with Gasteiger partial charge in [-0.25, -0.2) is 0 Å². The van der Waals surface area contributed by atoms with E-state index >= 15 is 0 Å². The molecule has 0 aliphatic carbocycles. The summed E-state index contributed by atoms with van der Waals surface area (Å²) < 4.78 is 0. The van der Waals surface area contributed by atoms with Gasteiger partial charge in [0.2, 0.25) is 5.91 Å². The van der Waals surface area contributed by atoms with Crippen molar-refractivity contribution in [3.63, 3.8) is 0 Å². The summed E-state index contributed by atoms with van der Waals surface area (Å²) in [5.74, 6) is 0.0905. The number of hydrogen-bond acceptors (Lipinski definition) is 4. The number of nitrogens with zero attached hydrogens (tertiary/aromatic N) is 1. The smallest absolute Gasteiger partial charge is 0.241 e. The average Bonchev–Trinajstić information content (AvgIpc) is 2.46. The number of aliphatic hydroxyl groups is 1. The van der Waals surface area contributed by atoms with Gasteiger partial charge in [0.15, 0.2) is 0 Å². The van der Waals surface area contributed by atoms with Gasteiger partial charge < -0.3 is 16.2 Å². The van der Waals surface area contributed by atoms with Crippen molar-refractivity contribution >= 4 is 17.3 Å². The number of aliphatic hydroxyl groups excluding tert-OH is 1. The minimum atomic E-state index is -0.274. The predicted molar refractivity (Wildman–Crippen MR) is 91.8 cm³/mol. The van der Waals surface area contributed by atoms with Crippen molar-refractivity contribution < 1.29 is 9.90 Å². The lowest BCUT2D eigenvalue weighted by Gasteiger charge is -2.32. The van der Waals surface area contributed by atoms with Crippen LogP contribution in [0.2, 0.25) is 0 Å². The van der Waals surface area contributed by atoms with Crippen LogP contribution in [-0.2, 0) is 11.2 Å². The second-order valence-electron chi connectivity index (χ2n) is 5.80. The minimum Gasteiger partial charge on any atom is -0.398 e. The largest absolute Gasteiger partial charge is 0.398 e. The van der Waals surface area contributed by atoms with Gasteiger partial charge in [-0.1, -0.05) is 33.8 Å². The van der Waals surface area contributed by atoms with Gasteiger partial charge in [-0.15, -0.1) is 0 Å². The normalized spacial score (nSPS) is 12.7. The zero-order valence-electron chi connectivity index (χ0n) is 14.1. The highest BCUT2D eigenvalue weighted by molar-refractivity contribution is 5.95. The second kappa shape index (κ2) is 8.76. The molecule has 0 aromatic heterocycles. The monoisotopic (exact) mass is 307 g/mol. The molecule has 0 saturated carbocycles. The Labute approximate surface area is 133 Å². The molecular formula is C17H29N3O2. The fourth-order valence-electron chi connectivity index (χ4n) is 2.72. The van der Waals surface area contributed by atoms with Crippen molar-refractivity contribution in [1.82, 2.24) is 4.90 Å². The van der Waals surface area contributed by atoms with Gasteiger partial charge in [-0.2, -0.15) is 0 Å². The number of anilines is 2. The number of nitrogen functional groups attached to an aromatic ring is 1. The number of amides is 1. The number of likely N-dealkylation sites (N-methyl/N-ethyl adjacent to an activating group) is 1. The molecule has 1 aromatic rings. The standard InChI is InChI=1S/C17H29N3O2/c1-5-13-7-8-14(11-15(13)18)19-17(22)16(12(3)4)20(6-2)9-10-21/h7-8,11-12,16,21H,5-6,9-10,18H2,1-4H3,(H,19,22). The van der Waals surface area contributed by atoms with Gasteiger partial charge in [0, 0.05) is 17.9 Å². The maximum Gasteiger partial charge on any atom is 0.241 e. The van der Waals surface area contributed by atoms with E-state index in [9.17, 15) is 9.90 Å². The Kier molecular flexibility index (Phi) is 7.35. The molecule has 0 aliphatic rings. The Bertz CT molecular complexity index is 489. The number of hydrogen-bond donors (Lipinski definition) is 3. The van der Waals surface area contributed by atoms with Crippen LogP contribution in [0.5, 0.6) is 0 Å². The van der Waals surface area contributed by atoms with E-state index in [0.717, 1.165) is 12.0 Å². The van der Waals surface area contributed by atoms with Crippen LogP contribution in [-0.4, -0.2) is 41.7 Å². The molecule has 0 aliphatic heterocycles. The van der Waals surface area contributed by atoms with E-state index in [1.165, 1.54) is 0 Å². The van der Waals surface area contributed by atoms with Gasteiger partial charge in [0.1, 0.15) is 0 Å². The number of carbonyl (C=O) groups is 1. The van der Waals surface area contributed by atoms with Crippen LogP contribution in [0.4, 0.5) is 11.4 Å². The van der Waals surface area contributed by atoms with Crippen LogP contribution >= 0.6 is 0 Å². The first-order valence-electron chi connectivity index (χ1n) is 7.98. The number of rotatable bonds is 8. The highest BCUT2D eigenvalue weighted by atomic mass is 16.3. The summed E-state index contributed by atoms with van der Waals surface area (Å²) >= 11 is 0. The van der Waals surface area contributed by atoms with E-state index in [4.69, 9.17) is 5.73 Å². The zero-order chi connectivity index (χ0) is 16.7. The predicted octanol–water partition coefficient (Wildman–Crippen LogP) is 2.11. The molecule has 1 rings (SSSR count). The lowest BCUT2D eigenvalue weighted by molar-refractivity contribution is -0.123. The van der Waals surface area contributed by atoms with Crippen LogP contribution < -0.4 is 11.1 Å². The molecule has 1 atom stereocenters. The maximum atomic E-state index is 12.6. The Morgan fingerprint density at radius 1 is 1.36 bits per heavy atom. The highest BCUT2D eigenvalue weighted by Crippen LogP contribution is 2.20. The number of aryl methyl sites for hydroxylation is 1. The first-order valence-corrected chi connectivity index (χ1v) is 7.98. The topological polar surface area (TPSA) is 78.6 Å². The van der Waals surface area contributed by atoms with Crippen LogP contribution in [0, 0.1) is 5.92 Å². The minimum absolute atomic E-state index is 0.0441. The van der Waals surface area contributed by atoms with Crippen molar-refractivity contribution in [2.45, 2.75) is 40.2 Å². The summed E-state index contributed by atoms with van der Waals surface area (Å²) in [5.41, 5.74) is 8.47. The van der Waals surface area contributed by atoms with Gasteiger partial charge in [0.25, 0.3) is 0 Å². The molecule has 124 valence electrons. The Morgan fingerprint density at radius 3 is 2.50 bits per heavy atom. The molecule has 0 heterocycles. The maximum absolute atomic E-state index is 12.6. The molecule has 0 saturated heterocycles. The number of nitrogens with two attached hydrogens (primary N) is 1. The van der Waals surface area contributed by atoms with Crippen molar-refractivity contribution in [2.75, 3.05) is 30.7 Å². The summed E-state index contributed by atoms with van der Waals surface area (Å²) in [6.45, 7) is 9.32. The molecule has 0 bridgehead atoms. The lowest BCUT2D eigenvalue weighted by Crippen LogP contribution is -2.48. The molecule has 1 unspecified atom stereocenters. The molecular weight excluding hydrogens is 278 g/mol. The summed E-state index contributed by atoms with van der Waals surface area (Å²) in [6, 6.07) is 5.36. The van der Waals surface area contributed by atoms with E-state index in [-0.39, 0.29) is 24.5 Å². The molecule has 0 fully saturated rings. The van der Waals surface area contributed by atoms with E-state index in [1.807, 2.05) is 44.7 Å². The zero-order valence-corrected chi connectivity index (χ0v) is 14.1. The van der Waals surface area contributed by atoms with Crippen LogP contribution in [0.1, 0.15) is 33.3 Å². The van der Waals surface area contributed by atoms with Gasteiger partial charge >= 0.3 is 0 Å². The summed E-state index contributed by atoms with van der Waals surface area (Å²) in [7, 11) is 0. The SMILES string of the molecule is CCc1ccc(NC(=O)C(C(C)C)N(CC)CCO)cc1N. The molecule has 1 amide bonds. The van der Waals surface area contributed by atoms with Crippen molar-refractivity contribution in [1.29, 1.82) is 0 Å². The first kappa shape index (κ1) is 18.5. The van der Waals surface area contributed by atoms with Crippen LogP contribution in [0.25, 0.3) is 0 Å². The van der Waals surface area contributed by atoms with Gasteiger partial charge in [-0.3, -0.25) is 9.69 Å². The quantitative estimate of drug-likeness (QED) is 0.643. The second-order valence-corrected chi connectivity index (χ2v) is 5.80. The Balaban J connectivity index is 2.89. The number of benzene rings is 1. The van der Waals surface area contributed by atoms with Crippen molar-refractivity contribution in [3.05, 3.63) is 23.8 Å². The molecule has 1 aromatic carbocycles. The van der Waals surface area contributed by atoms with Crippen molar-refractivity contribution in [2.24, 2.45) is 5.92 Å². The Hall–Kier alpha value is -1.59. The molecule has 4 N–H and O–H groups in total. The van der Waals surface area contributed by atoms with Crippen molar-refractivity contribution in [3.8, 4) is 0 Å².